The molecule has 3 heteroatoms. The molecule has 17 heavy (non-hydrogen) atoms. The smallest absolute Gasteiger partial charge is 0.0268 e. The average Bonchev–Trinajstić information content (AvgIpc) is 2.86. The van der Waals surface area contributed by atoms with E-state index in [1.54, 1.807) is 0 Å². The van der Waals surface area contributed by atoms with Crippen molar-refractivity contribution < 1.29 is 0 Å². The Morgan fingerprint density at radius 3 is 2.94 bits per heavy atom. The minimum absolute atomic E-state index is 0.663. The predicted molar refractivity (Wildman–Crippen MR) is 69.3 cm³/mol. The molecule has 1 aromatic rings. The van der Waals surface area contributed by atoms with Crippen LogP contribution >= 0.6 is 0 Å². The van der Waals surface area contributed by atoms with Crippen molar-refractivity contribution in [1.82, 2.24) is 16.2 Å². The molecule has 0 radical (unpaired) electrons. The first-order chi connectivity index (χ1) is 8.43. The molecule has 1 saturated heterocycles. The first kappa shape index (κ1) is 11.2. The summed E-state index contributed by atoms with van der Waals surface area (Å²) < 4.78 is 0. The monoisotopic (exact) mass is 231 g/mol. The van der Waals surface area contributed by atoms with Crippen LogP contribution in [0.25, 0.3) is 0 Å². The van der Waals surface area contributed by atoms with Crippen molar-refractivity contribution in [3.63, 3.8) is 0 Å². The van der Waals surface area contributed by atoms with Gasteiger partial charge in [-0.1, -0.05) is 36.8 Å². The van der Waals surface area contributed by atoms with E-state index in [0.717, 1.165) is 19.0 Å². The van der Waals surface area contributed by atoms with Crippen molar-refractivity contribution in [3.05, 3.63) is 35.9 Å². The molecule has 2 fully saturated rings. The van der Waals surface area contributed by atoms with E-state index in [2.05, 4.69) is 46.5 Å². The molecule has 92 valence electrons. The zero-order chi connectivity index (χ0) is 11.5. The van der Waals surface area contributed by atoms with E-state index in [1.807, 2.05) is 0 Å². The van der Waals surface area contributed by atoms with Gasteiger partial charge in [0.25, 0.3) is 0 Å². The van der Waals surface area contributed by atoms with Gasteiger partial charge in [-0.3, -0.25) is 10.9 Å². The van der Waals surface area contributed by atoms with Crippen molar-refractivity contribution in [2.24, 2.45) is 5.92 Å². The highest BCUT2D eigenvalue weighted by atomic mass is 15.4. The van der Waals surface area contributed by atoms with Gasteiger partial charge >= 0.3 is 0 Å². The minimum atomic E-state index is 0.663. The molecule has 0 spiro atoms. The molecule has 3 N–H and O–H groups in total. The van der Waals surface area contributed by atoms with Gasteiger partial charge in [0.05, 0.1) is 0 Å². The zero-order valence-corrected chi connectivity index (χ0v) is 10.2. The fourth-order valence-electron chi connectivity index (χ4n) is 3.14. The Kier molecular flexibility index (Phi) is 3.41. The molecule has 0 bridgehead atoms. The van der Waals surface area contributed by atoms with Crippen LogP contribution in [-0.4, -0.2) is 18.6 Å². The summed E-state index contributed by atoms with van der Waals surface area (Å²) in [5, 5.41) is 3.73. The second-order valence-corrected chi connectivity index (χ2v) is 5.20. The third-order valence-electron chi connectivity index (χ3n) is 4.10. The fourth-order valence-corrected chi connectivity index (χ4v) is 3.14. The predicted octanol–water partition coefficient (Wildman–Crippen LogP) is 1.42. The summed E-state index contributed by atoms with van der Waals surface area (Å²) in [6.07, 6.45) is 3.97. The standard InChI is InChI=1S/C14H21N3/c1-2-5-11(6-3-1)9-15-13-7-4-8-14-12(13)10-16-17-14/h1-3,5-6,12-17H,4,7-10H2. The molecule has 2 aliphatic rings. The molecule has 1 aliphatic carbocycles. The molecule has 1 aliphatic heterocycles. The Hall–Kier alpha value is -0.900. The number of rotatable bonds is 3. The number of hydrogen-bond donors (Lipinski definition) is 3. The van der Waals surface area contributed by atoms with Crippen molar-refractivity contribution in [2.45, 2.75) is 37.9 Å². The quantitative estimate of drug-likeness (QED) is 0.736. The number of hydrazine groups is 1. The summed E-state index contributed by atoms with van der Waals surface area (Å²) in [5.41, 5.74) is 8.08. The Morgan fingerprint density at radius 1 is 1.18 bits per heavy atom. The van der Waals surface area contributed by atoms with Gasteiger partial charge in [-0.05, 0) is 18.4 Å². The Labute approximate surface area is 103 Å². The van der Waals surface area contributed by atoms with Crippen LogP contribution in [-0.2, 0) is 6.54 Å². The van der Waals surface area contributed by atoms with Crippen LogP contribution in [0.15, 0.2) is 30.3 Å². The first-order valence-electron chi connectivity index (χ1n) is 6.69. The van der Waals surface area contributed by atoms with Crippen LogP contribution in [0.3, 0.4) is 0 Å². The number of benzene rings is 1. The maximum absolute atomic E-state index is 3.73. The van der Waals surface area contributed by atoms with Crippen molar-refractivity contribution in [2.75, 3.05) is 6.54 Å². The molecule has 3 unspecified atom stereocenters. The third kappa shape index (κ3) is 2.51. The normalized spacial score (nSPS) is 32.4. The van der Waals surface area contributed by atoms with Gasteiger partial charge < -0.3 is 5.32 Å². The maximum Gasteiger partial charge on any atom is 0.0268 e. The topological polar surface area (TPSA) is 36.1 Å². The number of hydrogen-bond acceptors (Lipinski definition) is 3. The van der Waals surface area contributed by atoms with Crippen molar-refractivity contribution in [3.8, 4) is 0 Å². The summed E-state index contributed by atoms with van der Waals surface area (Å²) in [6, 6.07) is 12.0. The lowest BCUT2D eigenvalue weighted by Gasteiger charge is -2.33. The van der Waals surface area contributed by atoms with Gasteiger partial charge in [-0.2, -0.15) is 0 Å². The van der Waals surface area contributed by atoms with Gasteiger partial charge in [-0.15, -0.1) is 0 Å². The van der Waals surface area contributed by atoms with Gasteiger partial charge in [-0.25, -0.2) is 0 Å². The largest absolute Gasteiger partial charge is 0.310 e. The van der Waals surface area contributed by atoms with Crippen LogP contribution in [0.1, 0.15) is 24.8 Å². The van der Waals surface area contributed by atoms with E-state index in [9.17, 15) is 0 Å². The molecular formula is C14H21N3. The van der Waals surface area contributed by atoms with E-state index in [1.165, 1.54) is 24.8 Å². The molecule has 3 nitrogen and oxygen atoms in total. The molecule has 3 rings (SSSR count). The summed E-state index contributed by atoms with van der Waals surface area (Å²) in [6.45, 7) is 2.10. The molecule has 3 atom stereocenters. The first-order valence-corrected chi connectivity index (χ1v) is 6.69. The zero-order valence-electron chi connectivity index (χ0n) is 10.2. The lowest BCUT2D eigenvalue weighted by atomic mass is 9.81. The lowest BCUT2D eigenvalue weighted by molar-refractivity contribution is 0.251. The van der Waals surface area contributed by atoms with E-state index < -0.39 is 0 Å². The highest BCUT2D eigenvalue weighted by molar-refractivity contribution is 5.14. The molecule has 0 aromatic heterocycles. The summed E-state index contributed by atoms with van der Waals surface area (Å²) >= 11 is 0. The van der Waals surface area contributed by atoms with Gasteiger partial charge in [0, 0.05) is 31.1 Å². The maximum atomic E-state index is 3.73. The molecule has 1 heterocycles. The van der Waals surface area contributed by atoms with Gasteiger partial charge in [0.2, 0.25) is 0 Å². The molecule has 1 aromatic carbocycles. The Morgan fingerprint density at radius 2 is 2.06 bits per heavy atom. The second-order valence-electron chi connectivity index (χ2n) is 5.20. The number of nitrogens with one attached hydrogen (secondary N) is 3. The van der Waals surface area contributed by atoms with Gasteiger partial charge in [0.1, 0.15) is 0 Å². The van der Waals surface area contributed by atoms with Crippen LogP contribution in [0, 0.1) is 5.92 Å². The average molecular weight is 231 g/mol. The summed E-state index contributed by atoms with van der Waals surface area (Å²) in [4.78, 5) is 0. The van der Waals surface area contributed by atoms with E-state index in [-0.39, 0.29) is 0 Å². The molecule has 1 saturated carbocycles. The molecular weight excluding hydrogens is 210 g/mol. The van der Waals surface area contributed by atoms with Gasteiger partial charge in [0.15, 0.2) is 0 Å². The van der Waals surface area contributed by atoms with Crippen LogP contribution < -0.4 is 16.2 Å². The van der Waals surface area contributed by atoms with Crippen LogP contribution in [0.2, 0.25) is 0 Å². The van der Waals surface area contributed by atoms with Crippen LogP contribution in [0.5, 0.6) is 0 Å². The third-order valence-corrected chi connectivity index (χ3v) is 4.10. The minimum Gasteiger partial charge on any atom is -0.310 e. The highest BCUT2D eigenvalue weighted by Crippen LogP contribution is 2.27. The summed E-state index contributed by atoms with van der Waals surface area (Å²) in [7, 11) is 0. The lowest BCUT2D eigenvalue weighted by Crippen LogP contribution is -2.46. The van der Waals surface area contributed by atoms with Crippen molar-refractivity contribution >= 4 is 0 Å². The van der Waals surface area contributed by atoms with Crippen molar-refractivity contribution in [1.29, 1.82) is 0 Å². The second kappa shape index (κ2) is 5.17. The SMILES string of the molecule is c1ccc(CNC2CCCC3NNCC23)cc1. The van der Waals surface area contributed by atoms with E-state index >= 15 is 0 Å². The molecule has 0 amide bonds. The highest BCUT2D eigenvalue weighted by Gasteiger charge is 2.35. The summed E-state index contributed by atoms with van der Waals surface area (Å²) in [5.74, 6) is 0.757. The Balaban J connectivity index is 1.57. The number of fused-ring (bicyclic) bond motifs is 1. The fraction of sp³-hybridized carbons (Fsp3) is 0.571. The van der Waals surface area contributed by atoms with E-state index in [0.29, 0.717) is 12.1 Å². The van der Waals surface area contributed by atoms with E-state index in [4.69, 9.17) is 0 Å². The van der Waals surface area contributed by atoms with Crippen LogP contribution in [0.4, 0.5) is 0 Å². The Bertz CT molecular complexity index is 352.